The topological polar surface area (TPSA) is 130 Å². The van der Waals surface area contributed by atoms with Gasteiger partial charge in [-0.3, -0.25) is 9.59 Å². The highest BCUT2D eigenvalue weighted by molar-refractivity contribution is 7.90. The number of sulfone groups is 1. The van der Waals surface area contributed by atoms with Crippen molar-refractivity contribution in [2.45, 2.75) is 39.3 Å². The lowest BCUT2D eigenvalue weighted by Crippen LogP contribution is -2.53. The number of carboxylic acids is 1. The van der Waals surface area contributed by atoms with Gasteiger partial charge in [0.05, 0.1) is 5.75 Å². The number of aliphatic carboxylic acids is 1. The molecule has 3 N–H and O–H groups in total. The number of carboxylic acid groups (broad SMARTS) is 1. The lowest BCUT2D eigenvalue weighted by Gasteiger charge is -2.23. The molecule has 2 unspecified atom stereocenters. The maximum absolute atomic E-state index is 12.0. The molecule has 0 spiro atoms. The van der Waals surface area contributed by atoms with Crippen LogP contribution in [0.2, 0.25) is 0 Å². The van der Waals surface area contributed by atoms with Crippen molar-refractivity contribution in [1.29, 1.82) is 0 Å². The molecule has 2 atom stereocenters. The van der Waals surface area contributed by atoms with Crippen molar-refractivity contribution in [1.82, 2.24) is 10.6 Å². The molecule has 0 aromatic heterocycles. The summed E-state index contributed by atoms with van der Waals surface area (Å²) in [6.45, 7) is 4.65. The summed E-state index contributed by atoms with van der Waals surface area (Å²) in [5, 5.41) is 13.7. The average Bonchev–Trinajstić information content (AvgIpc) is 2.28. The molecule has 0 heterocycles. The molecule has 0 radical (unpaired) electrons. The lowest BCUT2D eigenvalue weighted by molar-refractivity contribution is -0.142. The highest BCUT2D eigenvalue weighted by Gasteiger charge is 2.28. The molecule has 0 bridgehead atoms. The number of amides is 2. The first-order valence-corrected chi connectivity index (χ1v) is 8.48. The van der Waals surface area contributed by atoms with Crippen molar-refractivity contribution in [2.24, 2.45) is 5.92 Å². The third kappa shape index (κ3) is 8.28. The largest absolute Gasteiger partial charge is 0.480 e. The molecule has 0 aliphatic rings. The zero-order chi connectivity index (χ0) is 16.8. The van der Waals surface area contributed by atoms with Gasteiger partial charge in [0.25, 0.3) is 0 Å². The molecule has 0 fully saturated rings. The molecule has 21 heavy (non-hydrogen) atoms. The van der Waals surface area contributed by atoms with Crippen LogP contribution in [0.3, 0.4) is 0 Å². The van der Waals surface area contributed by atoms with Gasteiger partial charge in [0.1, 0.15) is 21.9 Å². The molecule has 0 aromatic rings. The Kier molecular flexibility index (Phi) is 7.34. The summed E-state index contributed by atoms with van der Waals surface area (Å²) >= 11 is 0. The SMILES string of the molecule is CC(=O)NC(C(=O)NC(CCS(C)(=O)=O)C(=O)O)C(C)C. The second-order valence-electron chi connectivity index (χ2n) is 5.24. The van der Waals surface area contributed by atoms with Gasteiger partial charge < -0.3 is 15.7 Å². The van der Waals surface area contributed by atoms with Crippen molar-refractivity contribution in [2.75, 3.05) is 12.0 Å². The molecule has 0 saturated heterocycles. The highest BCUT2D eigenvalue weighted by Crippen LogP contribution is 2.04. The van der Waals surface area contributed by atoms with Gasteiger partial charge in [0.2, 0.25) is 11.8 Å². The van der Waals surface area contributed by atoms with Crippen LogP contribution < -0.4 is 10.6 Å². The molecule has 0 aliphatic heterocycles. The Hall–Kier alpha value is -1.64. The standard InChI is InChI=1S/C12H22N2O6S/c1-7(2)10(13-8(3)15)11(16)14-9(12(17)18)5-6-21(4,19)20/h7,9-10H,5-6H2,1-4H3,(H,13,15)(H,14,16)(H,17,18). The van der Waals surface area contributed by atoms with E-state index in [-0.39, 0.29) is 18.1 Å². The zero-order valence-corrected chi connectivity index (χ0v) is 13.4. The summed E-state index contributed by atoms with van der Waals surface area (Å²) in [5.41, 5.74) is 0. The Balaban J connectivity index is 4.86. The summed E-state index contributed by atoms with van der Waals surface area (Å²) in [5.74, 6) is -2.97. The summed E-state index contributed by atoms with van der Waals surface area (Å²) in [4.78, 5) is 34.1. The number of carbonyl (C=O) groups excluding carboxylic acids is 2. The van der Waals surface area contributed by atoms with E-state index in [4.69, 9.17) is 5.11 Å². The molecule has 122 valence electrons. The minimum Gasteiger partial charge on any atom is -0.480 e. The van der Waals surface area contributed by atoms with Crippen molar-refractivity contribution in [3.8, 4) is 0 Å². The van der Waals surface area contributed by atoms with Crippen LogP contribution in [0, 0.1) is 5.92 Å². The van der Waals surface area contributed by atoms with Crippen molar-refractivity contribution in [3.63, 3.8) is 0 Å². The van der Waals surface area contributed by atoms with E-state index in [0.717, 1.165) is 6.26 Å². The predicted molar refractivity (Wildman–Crippen MR) is 76.3 cm³/mol. The van der Waals surface area contributed by atoms with Gasteiger partial charge in [-0.05, 0) is 12.3 Å². The maximum Gasteiger partial charge on any atom is 0.326 e. The lowest BCUT2D eigenvalue weighted by atomic mass is 10.0. The predicted octanol–water partition coefficient (Wildman–Crippen LogP) is -0.849. The zero-order valence-electron chi connectivity index (χ0n) is 12.5. The first-order valence-electron chi connectivity index (χ1n) is 6.42. The summed E-state index contributed by atoms with van der Waals surface area (Å²) in [6, 6.07) is -2.19. The monoisotopic (exact) mass is 322 g/mol. The van der Waals surface area contributed by atoms with E-state index < -0.39 is 39.7 Å². The van der Waals surface area contributed by atoms with Crippen molar-refractivity contribution in [3.05, 3.63) is 0 Å². The van der Waals surface area contributed by atoms with E-state index >= 15 is 0 Å². The number of carbonyl (C=O) groups is 3. The van der Waals surface area contributed by atoms with Crippen LogP contribution in [0.4, 0.5) is 0 Å². The summed E-state index contributed by atoms with van der Waals surface area (Å²) < 4.78 is 22.1. The van der Waals surface area contributed by atoms with Gasteiger partial charge in [-0.2, -0.15) is 0 Å². The van der Waals surface area contributed by atoms with Crippen molar-refractivity contribution < 1.29 is 27.9 Å². The van der Waals surface area contributed by atoms with Gasteiger partial charge >= 0.3 is 5.97 Å². The molecular weight excluding hydrogens is 300 g/mol. The molecule has 0 aliphatic carbocycles. The first kappa shape index (κ1) is 19.4. The Morgan fingerprint density at radius 3 is 2.00 bits per heavy atom. The Labute approximate surface area is 124 Å². The molecule has 2 amide bonds. The molecule has 8 nitrogen and oxygen atoms in total. The van der Waals surface area contributed by atoms with Gasteiger partial charge in [0.15, 0.2) is 0 Å². The number of rotatable bonds is 8. The van der Waals surface area contributed by atoms with E-state index in [2.05, 4.69) is 10.6 Å². The van der Waals surface area contributed by atoms with Crippen LogP contribution in [0.5, 0.6) is 0 Å². The van der Waals surface area contributed by atoms with E-state index in [1.54, 1.807) is 13.8 Å². The van der Waals surface area contributed by atoms with Crippen LogP contribution in [0.25, 0.3) is 0 Å². The Morgan fingerprint density at radius 1 is 1.14 bits per heavy atom. The van der Waals surface area contributed by atoms with E-state index in [9.17, 15) is 22.8 Å². The van der Waals surface area contributed by atoms with Crippen LogP contribution in [0.15, 0.2) is 0 Å². The third-order valence-electron chi connectivity index (χ3n) is 2.70. The fraction of sp³-hybridized carbons (Fsp3) is 0.750. The van der Waals surface area contributed by atoms with Crippen LogP contribution in [0.1, 0.15) is 27.2 Å². The van der Waals surface area contributed by atoms with E-state index in [1.807, 2.05) is 0 Å². The third-order valence-corrected chi connectivity index (χ3v) is 3.68. The summed E-state index contributed by atoms with van der Waals surface area (Å²) in [6.07, 6.45) is 0.757. The van der Waals surface area contributed by atoms with Gasteiger partial charge in [0, 0.05) is 13.2 Å². The average molecular weight is 322 g/mol. The molecule has 0 aromatic carbocycles. The van der Waals surface area contributed by atoms with Crippen molar-refractivity contribution >= 4 is 27.6 Å². The van der Waals surface area contributed by atoms with Gasteiger partial charge in [-0.1, -0.05) is 13.8 Å². The minimum atomic E-state index is -3.33. The van der Waals surface area contributed by atoms with Crippen LogP contribution in [-0.2, 0) is 24.2 Å². The van der Waals surface area contributed by atoms with Crippen LogP contribution >= 0.6 is 0 Å². The normalized spacial score (nSPS) is 14.3. The minimum absolute atomic E-state index is 0.231. The highest BCUT2D eigenvalue weighted by atomic mass is 32.2. The molecular formula is C12H22N2O6S. The molecule has 9 heteroatoms. The smallest absolute Gasteiger partial charge is 0.326 e. The number of hydrogen-bond acceptors (Lipinski definition) is 5. The second kappa shape index (κ2) is 7.96. The Bertz CT molecular complexity index is 500. The number of nitrogens with one attached hydrogen (secondary N) is 2. The van der Waals surface area contributed by atoms with Gasteiger partial charge in [-0.25, -0.2) is 13.2 Å². The Morgan fingerprint density at radius 2 is 1.67 bits per heavy atom. The fourth-order valence-corrected chi connectivity index (χ4v) is 2.27. The maximum atomic E-state index is 12.0. The van der Waals surface area contributed by atoms with Gasteiger partial charge in [-0.15, -0.1) is 0 Å². The number of hydrogen-bond donors (Lipinski definition) is 3. The quantitative estimate of drug-likeness (QED) is 0.534. The second-order valence-corrected chi connectivity index (χ2v) is 7.50. The van der Waals surface area contributed by atoms with Crippen LogP contribution in [-0.4, -0.2) is 55.4 Å². The van der Waals surface area contributed by atoms with E-state index in [0.29, 0.717) is 0 Å². The first-order chi connectivity index (χ1) is 9.44. The molecule has 0 rings (SSSR count). The fourth-order valence-electron chi connectivity index (χ4n) is 1.60. The van der Waals surface area contributed by atoms with E-state index in [1.165, 1.54) is 6.92 Å². The molecule has 0 saturated carbocycles. The summed E-state index contributed by atoms with van der Waals surface area (Å²) in [7, 11) is -3.33.